The van der Waals surface area contributed by atoms with E-state index >= 15 is 0 Å². The summed E-state index contributed by atoms with van der Waals surface area (Å²) in [4.78, 5) is 10.9. The molecule has 124 valence electrons. The molecule has 2 rings (SSSR count). The fraction of sp³-hybridized carbons (Fsp3) is 0.667. The van der Waals surface area contributed by atoms with Crippen LogP contribution in [0.15, 0.2) is 15.4 Å². The van der Waals surface area contributed by atoms with E-state index in [9.17, 15) is 13.2 Å². The highest BCUT2D eigenvalue weighted by Crippen LogP contribution is 2.36. The van der Waals surface area contributed by atoms with E-state index in [4.69, 9.17) is 9.52 Å². The molecule has 1 aromatic rings. The number of piperidine rings is 1. The summed E-state index contributed by atoms with van der Waals surface area (Å²) < 4.78 is 31.8. The number of carboxylic acid groups (broad SMARTS) is 1. The number of hydrogen-bond acceptors (Lipinski definition) is 4. The van der Waals surface area contributed by atoms with Crippen molar-refractivity contribution < 1.29 is 22.7 Å². The first-order valence-corrected chi connectivity index (χ1v) is 8.81. The predicted octanol–water partition coefficient (Wildman–Crippen LogP) is 2.73. The lowest BCUT2D eigenvalue weighted by Gasteiger charge is -2.38. The Bertz CT molecular complexity index is 661. The maximum absolute atomic E-state index is 12.7. The molecule has 2 heterocycles. The molecule has 0 spiro atoms. The summed E-state index contributed by atoms with van der Waals surface area (Å²) in [6.07, 6.45) is 1.62. The normalized spacial score (nSPS) is 18.5. The summed E-state index contributed by atoms with van der Waals surface area (Å²) in [6.45, 7) is 8.89. The van der Waals surface area contributed by atoms with Gasteiger partial charge in [0.2, 0.25) is 15.8 Å². The molecule has 1 aromatic heterocycles. The lowest BCUT2D eigenvalue weighted by Crippen LogP contribution is -2.41. The van der Waals surface area contributed by atoms with Crippen molar-refractivity contribution in [1.82, 2.24) is 4.31 Å². The van der Waals surface area contributed by atoms with Gasteiger partial charge in [-0.3, -0.25) is 0 Å². The van der Waals surface area contributed by atoms with E-state index in [1.54, 1.807) is 0 Å². The molecule has 22 heavy (non-hydrogen) atoms. The van der Waals surface area contributed by atoms with Crippen LogP contribution in [0, 0.1) is 18.3 Å². The van der Waals surface area contributed by atoms with Gasteiger partial charge in [-0.15, -0.1) is 0 Å². The Morgan fingerprint density at radius 3 is 2.27 bits per heavy atom. The van der Waals surface area contributed by atoms with E-state index in [1.807, 2.05) is 0 Å². The maximum Gasteiger partial charge on any atom is 0.371 e. The fourth-order valence-electron chi connectivity index (χ4n) is 2.93. The minimum Gasteiger partial charge on any atom is -0.475 e. The second kappa shape index (κ2) is 5.70. The van der Waals surface area contributed by atoms with Crippen molar-refractivity contribution in [3.63, 3.8) is 0 Å². The average molecular weight is 329 g/mol. The van der Waals surface area contributed by atoms with Gasteiger partial charge in [0, 0.05) is 19.2 Å². The van der Waals surface area contributed by atoms with Crippen LogP contribution in [0.4, 0.5) is 0 Å². The van der Waals surface area contributed by atoms with Crippen LogP contribution in [0.5, 0.6) is 0 Å². The Labute approximate surface area is 131 Å². The van der Waals surface area contributed by atoms with Gasteiger partial charge < -0.3 is 9.52 Å². The molecule has 0 unspecified atom stereocenters. The van der Waals surface area contributed by atoms with Crippen LogP contribution in [0.1, 0.15) is 49.9 Å². The molecule has 6 nitrogen and oxygen atoms in total. The van der Waals surface area contributed by atoms with Gasteiger partial charge >= 0.3 is 5.97 Å². The van der Waals surface area contributed by atoms with Crippen molar-refractivity contribution in [2.45, 2.75) is 45.4 Å². The zero-order valence-electron chi connectivity index (χ0n) is 13.4. The number of rotatable bonds is 3. The molecule has 0 amide bonds. The van der Waals surface area contributed by atoms with Gasteiger partial charge in [-0.1, -0.05) is 20.8 Å². The highest BCUT2D eigenvalue weighted by molar-refractivity contribution is 7.89. The Morgan fingerprint density at radius 2 is 1.86 bits per heavy atom. The first-order valence-electron chi connectivity index (χ1n) is 7.37. The fourth-order valence-corrected chi connectivity index (χ4v) is 4.56. The molecule has 0 bridgehead atoms. The minimum atomic E-state index is -3.70. The van der Waals surface area contributed by atoms with E-state index in [0.29, 0.717) is 19.0 Å². The molecule has 1 fully saturated rings. The lowest BCUT2D eigenvalue weighted by molar-refractivity contribution is 0.0661. The van der Waals surface area contributed by atoms with E-state index in [1.165, 1.54) is 11.2 Å². The number of furan rings is 1. The highest BCUT2D eigenvalue weighted by atomic mass is 32.2. The van der Waals surface area contributed by atoms with Crippen LogP contribution in [0.2, 0.25) is 0 Å². The Hall–Kier alpha value is -1.34. The van der Waals surface area contributed by atoms with Crippen LogP contribution < -0.4 is 0 Å². The number of carboxylic acids is 1. The van der Waals surface area contributed by atoms with Crippen molar-refractivity contribution in [3.8, 4) is 0 Å². The van der Waals surface area contributed by atoms with E-state index < -0.39 is 16.0 Å². The standard InChI is InChI=1S/C15H23NO5S/c1-10-13(9-12(21-10)14(17)18)22(19,20)16-7-5-11(6-8-16)15(2,3)4/h9,11H,5-8H2,1-4H3,(H,17,18). The lowest BCUT2D eigenvalue weighted by atomic mass is 9.76. The van der Waals surface area contributed by atoms with E-state index in [0.717, 1.165) is 18.9 Å². The molecule has 0 atom stereocenters. The second-order valence-electron chi connectivity index (χ2n) is 6.88. The average Bonchev–Trinajstić information content (AvgIpc) is 2.81. The van der Waals surface area contributed by atoms with Crippen LogP contribution in [-0.2, 0) is 10.0 Å². The van der Waals surface area contributed by atoms with Crippen molar-refractivity contribution >= 4 is 16.0 Å². The van der Waals surface area contributed by atoms with E-state index in [2.05, 4.69) is 20.8 Å². The van der Waals surface area contributed by atoms with Crippen LogP contribution >= 0.6 is 0 Å². The summed E-state index contributed by atoms with van der Waals surface area (Å²) >= 11 is 0. The minimum absolute atomic E-state index is 0.0425. The number of hydrogen-bond donors (Lipinski definition) is 1. The van der Waals surface area contributed by atoms with Crippen LogP contribution in [-0.4, -0.2) is 36.9 Å². The summed E-state index contributed by atoms with van der Waals surface area (Å²) in [6, 6.07) is 1.10. The first-order chi connectivity index (χ1) is 10.0. The van der Waals surface area contributed by atoms with Gasteiger partial charge in [0.05, 0.1) is 0 Å². The molecule has 7 heteroatoms. The summed E-state index contributed by atoms with van der Waals surface area (Å²) in [7, 11) is -3.70. The van der Waals surface area contributed by atoms with Crippen LogP contribution in [0.3, 0.4) is 0 Å². The zero-order valence-corrected chi connectivity index (χ0v) is 14.2. The molecule has 1 aliphatic heterocycles. The van der Waals surface area contributed by atoms with Gasteiger partial charge in [-0.2, -0.15) is 4.31 Å². The van der Waals surface area contributed by atoms with Crippen LogP contribution in [0.25, 0.3) is 0 Å². The van der Waals surface area contributed by atoms with Gasteiger partial charge in [0.15, 0.2) is 0 Å². The van der Waals surface area contributed by atoms with Crippen molar-refractivity contribution in [2.24, 2.45) is 11.3 Å². The third kappa shape index (κ3) is 3.20. The molecule has 1 N–H and O–H groups in total. The predicted molar refractivity (Wildman–Crippen MR) is 81.3 cm³/mol. The summed E-state index contributed by atoms with van der Waals surface area (Å²) in [5.74, 6) is -1.01. The highest BCUT2D eigenvalue weighted by Gasteiger charge is 2.35. The van der Waals surface area contributed by atoms with Gasteiger partial charge in [-0.05, 0) is 31.1 Å². The molecule has 0 aliphatic carbocycles. The number of carbonyl (C=O) groups is 1. The molecular formula is C15H23NO5S. The number of sulfonamides is 1. The second-order valence-corrected chi connectivity index (χ2v) is 8.79. The third-order valence-corrected chi connectivity index (χ3v) is 6.39. The van der Waals surface area contributed by atoms with Crippen molar-refractivity contribution in [2.75, 3.05) is 13.1 Å². The van der Waals surface area contributed by atoms with Crippen molar-refractivity contribution in [3.05, 3.63) is 17.6 Å². The Kier molecular flexibility index (Phi) is 4.41. The first kappa shape index (κ1) is 17.0. The molecule has 0 saturated carbocycles. The molecule has 1 saturated heterocycles. The monoisotopic (exact) mass is 329 g/mol. The molecule has 0 radical (unpaired) electrons. The summed E-state index contributed by atoms with van der Waals surface area (Å²) in [5.41, 5.74) is 0.165. The van der Waals surface area contributed by atoms with Gasteiger partial charge in [0.1, 0.15) is 10.7 Å². The largest absolute Gasteiger partial charge is 0.475 e. The number of aromatic carboxylic acids is 1. The topological polar surface area (TPSA) is 87.8 Å². The van der Waals surface area contributed by atoms with E-state index in [-0.39, 0.29) is 21.8 Å². The quantitative estimate of drug-likeness (QED) is 0.921. The van der Waals surface area contributed by atoms with Gasteiger partial charge in [0.25, 0.3) is 0 Å². The SMILES string of the molecule is Cc1oc(C(=O)O)cc1S(=O)(=O)N1CCC(C(C)(C)C)CC1. The Balaban J connectivity index is 2.21. The van der Waals surface area contributed by atoms with Gasteiger partial charge in [-0.25, -0.2) is 13.2 Å². The summed E-state index contributed by atoms with van der Waals surface area (Å²) in [5, 5.41) is 8.92. The number of aryl methyl sites for hydroxylation is 1. The number of nitrogens with zero attached hydrogens (tertiary/aromatic N) is 1. The Morgan fingerprint density at radius 1 is 1.32 bits per heavy atom. The molecule has 1 aliphatic rings. The maximum atomic E-state index is 12.7. The smallest absolute Gasteiger partial charge is 0.371 e. The molecular weight excluding hydrogens is 306 g/mol. The zero-order chi connectivity index (χ0) is 16.7. The third-order valence-electron chi connectivity index (χ3n) is 4.38. The van der Waals surface area contributed by atoms with Crippen molar-refractivity contribution in [1.29, 1.82) is 0 Å². The molecule has 0 aromatic carbocycles.